The molecule has 9 nitrogen and oxygen atoms in total. The highest BCUT2D eigenvalue weighted by molar-refractivity contribution is 5.91. The molecule has 0 amide bonds. The molecule has 4 aromatic rings. The lowest BCUT2D eigenvalue weighted by atomic mass is 10.1. The maximum Gasteiger partial charge on any atom is 0.338 e. The van der Waals surface area contributed by atoms with Crippen LogP contribution in [0.2, 0.25) is 0 Å². The summed E-state index contributed by atoms with van der Waals surface area (Å²) >= 11 is 0. The number of aromatic nitrogens is 1. The molecular formula is C31H25NO8. The van der Waals surface area contributed by atoms with Gasteiger partial charge in [0.1, 0.15) is 18.5 Å². The van der Waals surface area contributed by atoms with E-state index in [0.717, 1.165) is 0 Å². The highest BCUT2D eigenvalue weighted by Crippen LogP contribution is 2.31. The lowest BCUT2D eigenvalue weighted by molar-refractivity contribution is -0.120. The van der Waals surface area contributed by atoms with E-state index in [1.807, 2.05) is 0 Å². The van der Waals surface area contributed by atoms with Crippen molar-refractivity contribution >= 4 is 17.9 Å². The molecule has 0 spiro atoms. The smallest absolute Gasteiger partial charge is 0.338 e. The molecule has 9 heteroatoms. The summed E-state index contributed by atoms with van der Waals surface area (Å²) in [6, 6.07) is 28.4. The lowest BCUT2D eigenvalue weighted by Crippen LogP contribution is -2.43. The zero-order chi connectivity index (χ0) is 27.7. The molecule has 0 unspecified atom stereocenters. The number of carbonyl (C=O) groups excluding carboxylic acids is 3. The van der Waals surface area contributed by atoms with Gasteiger partial charge >= 0.3 is 17.9 Å². The molecule has 0 aliphatic carbocycles. The molecule has 1 saturated heterocycles. The minimum atomic E-state index is -1.20. The van der Waals surface area contributed by atoms with Gasteiger partial charge < -0.3 is 23.7 Å². The standard InChI is InChI=1S/C31H25NO8/c33-28(21-10-4-1-5-11-21)36-20-25-26(39-29(34)22-12-6-2-7-13-22)27(40-30(35)23-14-8-3-9-15-23)31(38-25)37-24-16-18-32-19-17-24/h1-19,25-27,31H,20H2/t25-,26-,27-,31-/m1/s1. The minimum Gasteiger partial charge on any atom is -0.461 e. The first kappa shape index (κ1) is 26.6. The molecule has 5 rings (SSSR count). The maximum atomic E-state index is 13.1. The van der Waals surface area contributed by atoms with Gasteiger partial charge in [-0.2, -0.15) is 0 Å². The zero-order valence-corrected chi connectivity index (χ0v) is 21.2. The van der Waals surface area contributed by atoms with E-state index in [0.29, 0.717) is 11.3 Å². The van der Waals surface area contributed by atoms with Gasteiger partial charge in [-0.25, -0.2) is 14.4 Å². The van der Waals surface area contributed by atoms with Crippen molar-refractivity contribution in [2.45, 2.75) is 24.6 Å². The van der Waals surface area contributed by atoms with Crippen LogP contribution < -0.4 is 4.74 Å². The van der Waals surface area contributed by atoms with Gasteiger partial charge in [-0.1, -0.05) is 54.6 Å². The third kappa shape index (κ3) is 6.51. The third-order valence-corrected chi connectivity index (χ3v) is 6.06. The van der Waals surface area contributed by atoms with Gasteiger partial charge in [0.25, 0.3) is 0 Å². The molecule has 0 bridgehead atoms. The van der Waals surface area contributed by atoms with Crippen molar-refractivity contribution in [1.82, 2.24) is 4.98 Å². The van der Waals surface area contributed by atoms with Crippen molar-refractivity contribution in [3.63, 3.8) is 0 Å². The average molecular weight is 540 g/mol. The Morgan fingerprint density at radius 3 is 1.62 bits per heavy atom. The third-order valence-electron chi connectivity index (χ3n) is 6.06. The summed E-state index contributed by atoms with van der Waals surface area (Å²) in [7, 11) is 0. The van der Waals surface area contributed by atoms with E-state index in [4.69, 9.17) is 23.7 Å². The molecule has 1 aliphatic rings. The zero-order valence-electron chi connectivity index (χ0n) is 21.2. The first-order valence-corrected chi connectivity index (χ1v) is 12.5. The Labute approximate surface area is 230 Å². The van der Waals surface area contributed by atoms with E-state index < -0.39 is 42.5 Å². The quantitative estimate of drug-likeness (QED) is 0.224. The number of carbonyl (C=O) groups is 3. The molecular weight excluding hydrogens is 514 g/mol. The molecule has 0 saturated carbocycles. The van der Waals surface area contributed by atoms with Crippen molar-refractivity contribution in [3.8, 4) is 5.75 Å². The van der Waals surface area contributed by atoms with E-state index in [9.17, 15) is 14.4 Å². The van der Waals surface area contributed by atoms with Gasteiger partial charge in [-0.3, -0.25) is 4.98 Å². The molecule has 4 atom stereocenters. The highest BCUT2D eigenvalue weighted by atomic mass is 16.7. The van der Waals surface area contributed by atoms with Crippen LogP contribution in [-0.4, -0.2) is 54.1 Å². The Balaban J connectivity index is 1.43. The Morgan fingerprint density at radius 2 is 1.10 bits per heavy atom. The first-order chi connectivity index (χ1) is 19.6. The SMILES string of the molecule is O=C(OC[C@H]1O[C@@H](Oc2ccncc2)[C@H](OC(=O)c2ccccc2)[C@@H]1OC(=O)c1ccccc1)c1ccccc1. The Hall–Kier alpha value is -5.02. The minimum absolute atomic E-state index is 0.286. The molecule has 0 N–H and O–H groups in total. The van der Waals surface area contributed by atoms with Crippen LogP contribution >= 0.6 is 0 Å². The second kappa shape index (κ2) is 12.7. The van der Waals surface area contributed by atoms with Gasteiger partial charge in [-0.15, -0.1) is 0 Å². The van der Waals surface area contributed by atoms with Crippen LogP contribution in [0.3, 0.4) is 0 Å². The van der Waals surface area contributed by atoms with Crippen LogP contribution in [0, 0.1) is 0 Å². The number of esters is 3. The average Bonchev–Trinajstić information content (AvgIpc) is 3.32. The number of nitrogens with zero attached hydrogens (tertiary/aromatic N) is 1. The highest BCUT2D eigenvalue weighted by Gasteiger charge is 2.52. The van der Waals surface area contributed by atoms with Crippen molar-refractivity contribution < 1.29 is 38.1 Å². The normalized spacial score (nSPS) is 19.8. The summed E-state index contributed by atoms with van der Waals surface area (Å²) < 4.78 is 29.2. The van der Waals surface area contributed by atoms with Crippen LogP contribution in [0.5, 0.6) is 5.75 Å². The van der Waals surface area contributed by atoms with E-state index in [-0.39, 0.29) is 17.7 Å². The Kier molecular flexibility index (Phi) is 8.43. The van der Waals surface area contributed by atoms with Crippen molar-refractivity contribution in [2.24, 2.45) is 0 Å². The fraction of sp³-hybridized carbons (Fsp3) is 0.161. The van der Waals surface area contributed by atoms with Crippen molar-refractivity contribution in [3.05, 3.63) is 132 Å². The maximum absolute atomic E-state index is 13.1. The van der Waals surface area contributed by atoms with Crippen LogP contribution in [0.15, 0.2) is 116 Å². The van der Waals surface area contributed by atoms with Crippen molar-refractivity contribution in [1.29, 1.82) is 0 Å². The molecule has 2 heterocycles. The van der Waals surface area contributed by atoms with Gasteiger partial charge in [-0.05, 0) is 48.5 Å². The summed E-state index contributed by atoms with van der Waals surface area (Å²) in [5.74, 6) is -1.54. The number of benzene rings is 3. The second-order valence-electron chi connectivity index (χ2n) is 8.78. The summed E-state index contributed by atoms with van der Waals surface area (Å²) in [5.41, 5.74) is 0.918. The van der Waals surface area contributed by atoms with Crippen LogP contribution in [0.25, 0.3) is 0 Å². The molecule has 1 fully saturated rings. The van der Waals surface area contributed by atoms with E-state index in [1.54, 1.807) is 103 Å². The second-order valence-corrected chi connectivity index (χ2v) is 8.78. The lowest BCUT2D eigenvalue weighted by Gasteiger charge is -2.24. The molecule has 1 aromatic heterocycles. The number of rotatable bonds is 9. The molecule has 1 aliphatic heterocycles. The molecule has 3 aromatic carbocycles. The predicted octanol–water partition coefficient (Wildman–Crippen LogP) is 4.49. The summed E-state index contributed by atoms with van der Waals surface area (Å²) in [4.78, 5) is 42.8. The summed E-state index contributed by atoms with van der Waals surface area (Å²) in [6.07, 6.45) is -1.52. The van der Waals surface area contributed by atoms with E-state index in [2.05, 4.69) is 4.98 Å². The number of hydrogen-bond acceptors (Lipinski definition) is 9. The van der Waals surface area contributed by atoms with Crippen LogP contribution in [-0.2, 0) is 18.9 Å². The molecule has 40 heavy (non-hydrogen) atoms. The largest absolute Gasteiger partial charge is 0.461 e. The fourth-order valence-electron chi connectivity index (χ4n) is 4.09. The monoisotopic (exact) mass is 539 g/mol. The van der Waals surface area contributed by atoms with Crippen LogP contribution in [0.1, 0.15) is 31.1 Å². The fourth-order valence-corrected chi connectivity index (χ4v) is 4.09. The van der Waals surface area contributed by atoms with Crippen LogP contribution in [0.4, 0.5) is 0 Å². The predicted molar refractivity (Wildman–Crippen MR) is 142 cm³/mol. The Bertz CT molecular complexity index is 1420. The van der Waals surface area contributed by atoms with Gasteiger partial charge in [0.2, 0.25) is 12.4 Å². The van der Waals surface area contributed by atoms with Gasteiger partial charge in [0, 0.05) is 12.4 Å². The molecule has 202 valence electrons. The van der Waals surface area contributed by atoms with E-state index >= 15 is 0 Å². The number of hydrogen-bond donors (Lipinski definition) is 0. The van der Waals surface area contributed by atoms with Gasteiger partial charge in [0.05, 0.1) is 16.7 Å². The van der Waals surface area contributed by atoms with E-state index in [1.165, 1.54) is 12.4 Å². The number of ether oxygens (including phenoxy) is 5. The number of pyridine rings is 1. The molecule has 0 radical (unpaired) electrons. The summed E-state index contributed by atoms with van der Waals surface area (Å²) in [5, 5.41) is 0. The topological polar surface area (TPSA) is 110 Å². The van der Waals surface area contributed by atoms with Crippen molar-refractivity contribution in [2.75, 3.05) is 6.61 Å². The summed E-state index contributed by atoms with van der Waals surface area (Å²) in [6.45, 7) is -0.296. The van der Waals surface area contributed by atoms with Gasteiger partial charge in [0.15, 0.2) is 6.10 Å². The first-order valence-electron chi connectivity index (χ1n) is 12.5. The Morgan fingerprint density at radius 1 is 0.625 bits per heavy atom.